The molecule has 1 aromatic heterocycles. The number of benzene rings is 2. The summed E-state index contributed by atoms with van der Waals surface area (Å²) in [7, 11) is 0. The summed E-state index contributed by atoms with van der Waals surface area (Å²) in [6.45, 7) is 6.10. The molecular weight excluding hydrogens is 336 g/mol. The highest BCUT2D eigenvalue weighted by Crippen LogP contribution is 2.31. The van der Waals surface area contributed by atoms with E-state index >= 15 is 0 Å². The Morgan fingerprint density at radius 1 is 1.22 bits per heavy atom. The van der Waals surface area contributed by atoms with E-state index in [1.54, 1.807) is 0 Å². The van der Waals surface area contributed by atoms with Gasteiger partial charge in [-0.15, -0.1) is 0 Å². The minimum Gasteiger partial charge on any atom is -0.381 e. The topological polar surface area (TPSA) is 57.3 Å². The van der Waals surface area contributed by atoms with Gasteiger partial charge in [0.25, 0.3) is 0 Å². The number of anilines is 2. The molecule has 0 aliphatic carbocycles. The summed E-state index contributed by atoms with van der Waals surface area (Å²) in [5.41, 5.74) is 6.66. The van der Waals surface area contributed by atoms with Crippen LogP contribution < -0.4 is 15.5 Å². The molecule has 0 fully saturated rings. The zero-order valence-corrected chi connectivity index (χ0v) is 15.7. The molecule has 0 bridgehead atoms. The first kappa shape index (κ1) is 17.3. The van der Waals surface area contributed by atoms with E-state index in [2.05, 4.69) is 58.9 Å². The number of urea groups is 1. The Balaban J connectivity index is 1.56. The quantitative estimate of drug-likeness (QED) is 0.731. The number of aromatic nitrogens is 1. The van der Waals surface area contributed by atoms with Crippen LogP contribution in [0.2, 0.25) is 0 Å². The maximum Gasteiger partial charge on any atom is 0.321 e. The number of rotatable bonds is 4. The van der Waals surface area contributed by atoms with E-state index in [4.69, 9.17) is 0 Å². The Kier molecular flexibility index (Phi) is 4.67. The number of nitrogens with one attached hydrogen (secondary N) is 2. The summed E-state index contributed by atoms with van der Waals surface area (Å²) >= 11 is 0. The van der Waals surface area contributed by atoms with Gasteiger partial charge < -0.3 is 10.6 Å². The smallest absolute Gasteiger partial charge is 0.321 e. The fraction of sp³-hybridized carbons (Fsp3) is 0.273. The zero-order chi connectivity index (χ0) is 18.8. The molecule has 5 nitrogen and oxygen atoms in total. The molecule has 0 saturated carbocycles. The molecule has 27 heavy (non-hydrogen) atoms. The molecule has 2 amide bonds. The van der Waals surface area contributed by atoms with Crippen LogP contribution in [0.1, 0.15) is 23.6 Å². The van der Waals surface area contributed by atoms with E-state index in [0.717, 1.165) is 35.4 Å². The molecule has 1 aliphatic heterocycles. The molecule has 0 unspecified atom stereocenters. The van der Waals surface area contributed by atoms with Gasteiger partial charge in [-0.2, -0.15) is 0 Å². The second-order valence-corrected chi connectivity index (χ2v) is 6.88. The number of fused-ring (bicyclic) bond motifs is 2. The SMILES string of the molecule is CCNC(=O)N1CCc2ccc(NCc3ccc(C)c4cccnc34)cc21. The Labute approximate surface area is 159 Å². The Morgan fingerprint density at radius 3 is 2.96 bits per heavy atom. The molecular formula is C22H24N4O. The van der Waals surface area contributed by atoms with Crippen LogP contribution >= 0.6 is 0 Å². The monoisotopic (exact) mass is 360 g/mol. The summed E-state index contributed by atoms with van der Waals surface area (Å²) in [6, 6.07) is 14.6. The third kappa shape index (κ3) is 3.33. The van der Waals surface area contributed by atoms with Gasteiger partial charge in [0.2, 0.25) is 0 Å². The van der Waals surface area contributed by atoms with Gasteiger partial charge in [-0.05, 0) is 55.2 Å². The Morgan fingerprint density at radius 2 is 2.11 bits per heavy atom. The first-order valence-electron chi connectivity index (χ1n) is 9.42. The molecule has 2 heterocycles. The van der Waals surface area contributed by atoms with Gasteiger partial charge in [0.1, 0.15) is 0 Å². The van der Waals surface area contributed by atoms with Crippen molar-refractivity contribution in [1.82, 2.24) is 10.3 Å². The lowest BCUT2D eigenvalue weighted by molar-refractivity contribution is 0.247. The average Bonchev–Trinajstić information content (AvgIpc) is 3.11. The second kappa shape index (κ2) is 7.27. The molecule has 0 spiro atoms. The lowest BCUT2D eigenvalue weighted by atomic mass is 10.0. The predicted octanol–water partition coefficient (Wildman–Crippen LogP) is 4.25. The summed E-state index contributed by atoms with van der Waals surface area (Å²) in [5, 5.41) is 7.57. The van der Waals surface area contributed by atoms with Gasteiger partial charge in [0.15, 0.2) is 0 Å². The minimum atomic E-state index is -0.0258. The van der Waals surface area contributed by atoms with Crippen molar-refractivity contribution in [2.45, 2.75) is 26.8 Å². The van der Waals surface area contributed by atoms with E-state index < -0.39 is 0 Å². The normalized spacial score (nSPS) is 12.9. The number of hydrogen-bond acceptors (Lipinski definition) is 3. The summed E-state index contributed by atoms with van der Waals surface area (Å²) in [4.78, 5) is 18.7. The number of hydrogen-bond donors (Lipinski definition) is 2. The van der Waals surface area contributed by atoms with E-state index in [0.29, 0.717) is 13.1 Å². The molecule has 1 aliphatic rings. The van der Waals surface area contributed by atoms with Crippen molar-refractivity contribution < 1.29 is 4.79 Å². The fourth-order valence-electron chi connectivity index (χ4n) is 3.66. The van der Waals surface area contributed by atoms with Crippen LogP contribution in [0.15, 0.2) is 48.7 Å². The van der Waals surface area contributed by atoms with Crippen LogP contribution in [0.4, 0.5) is 16.2 Å². The fourth-order valence-corrected chi connectivity index (χ4v) is 3.66. The van der Waals surface area contributed by atoms with Crippen molar-refractivity contribution in [2.24, 2.45) is 0 Å². The zero-order valence-electron chi connectivity index (χ0n) is 15.7. The van der Waals surface area contributed by atoms with Crippen LogP contribution in [-0.4, -0.2) is 24.1 Å². The van der Waals surface area contributed by atoms with Crippen molar-refractivity contribution in [3.05, 3.63) is 65.4 Å². The maximum atomic E-state index is 12.3. The highest BCUT2D eigenvalue weighted by molar-refractivity contribution is 5.95. The lowest BCUT2D eigenvalue weighted by Crippen LogP contribution is -2.38. The van der Waals surface area contributed by atoms with Crippen LogP contribution in [0.25, 0.3) is 10.9 Å². The van der Waals surface area contributed by atoms with E-state index in [9.17, 15) is 4.79 Å². The maximum absolute atomic E-state index is 12.3. The van der Waals surface area contributed by atoms with E-state index in [-0.39, 0.29) is 6.03 Å². The van der Waals surface area contributed by atoms with Gasteiger partial charge in [-0.1, -0.05) is 24.3 Å². The Bertz CT molecular complexity index is 999. The highest BCUT2D eigenvalue weighted by Gasteiger charge is 2.24. The molecule has 0 saturated heterocycles. The average molecular weight is 360 g/mol. The summed E-state index contributed by atoms with van der Waals surface area (Å²) in [5.74, 6) is 0. The molecule has 0 radical (unpaired) electrons. The third-order valence-corrected chi connectivity index (χ3v) is 5.11. The molecule has 3 aromatic rings. The number of pyridine rings is 1. The number of nitrogens with zero attached hydrogens (tertiary/aromatic N) is 2. The van der Waals surface area contributed by atoms with Gasteiger partial charge >= 0.3 is 6.03 Å². The second-order valence-electron chi connectivity index (χ2n) is 6.88. The van der Waals surface area contributed by atoms with Gasteiger partial charge in [-0.3, -0.25) is 9.88 Å². The summed E-state index contributed by atoms with van der Waals surface area (Å²) in [6.07, 6.45) is 2.74. The molecule has 138 valence electrons. The Hall–Kier alpha value is -3.08. The number of carbonyl (C=O) groups excluding carboxylic acids is 1. The van der Waals surface area contributed by atoms with Crippen molar-refractivity contribution >= 4 is 28.3 Å². The molecule has 0 atom stereocenters. The number of amides is 2. The largest absolute Gasteiger partial charge is 0.381 e. The van der Waals surface area contributed by atoms with E-state index in [1.807, 2.05) is 24.1 Å². The van der Waals surface area contributed by atoms with Gasteiger partial charge in [0, 0.05) is 36.9 Å². The molecule has 5 heteroatoms. The van der Waals surface area contributed by atoms with Crippen LogP contribution in [-0.2, 0) is 13.0 Å². The molecule has 2 N–H and O–H groups in total. The van der Waals surface area contributed by atoms with Crippen molar-refractivity contribution in [3.63, 3.8) is 0 Å². The van der Waals surface area contributed by atoms with Crippen molar-refractivity contribution in [3.8, 4) is 0 Å². The van der Waals surface area contributed by atoms with Crippen LogP contribution in [0.3, 0.4) is 0 Å². The van der Waals surface area contributed by atoms with Crippen LogP contribution in [0, 0.1) is 6.92 Å². The molecule has 2 aromatic carbocycles. The summed E-state index contributed by atoms with van der Waals surface area (Å²) < 4.78 is 0. The third-order valence-electron chi connectivity index (χ3n) is 5.11. The van der Waals surface area contributed by atoms with Crippen molar-refractivity contribution in [1.29, 1.82) is 0 Å². The van der Waals surface area contributed by atoms with E-state index in [1.165, 1.54) is 16.5 Å². The van der Waals surface area contributed by atoms with Gasteiger partial charge in [0.05, 0.1) is 11.2 Å². The lowest BCUT2D eigenvalue weighted by Gasteiger charge is -2.18. The van der Waals surface area contributed by atoms with Crippen molar-refractivity contribution in [2.75, 3.05) is 23.3 Å². The van der Waals surface area contributed by atoms with Crippen LogP contribution in [0.5, 0.6) is 0 Å². The number of aryl methyl sites for hydroxylation is 1. The first-order chi connectivity index (χ1) is 13.2. The number of carbonyl (C=O) groups is 1. The molecule has 4 rings (SSSR count). The standard InChI is InChI=1S/C22H24N4O/c1-3-23-22(27)26-12-10-16-8-9-18(13-20(16)26)25-14-17-7-6-15(2)19-5-4-11-24-21(17)19/h4-9,11,13,25H,3,10,12,14H2,1-2H3,(H,23,27). The van der Waals surface area contributed by atoms with Gasteiger partial charge in [-0.25, -0.2) is 4.79 Å². The highest BCUT2D eigenvalue weighted by atomic mass is 16.2. The minimum absolute atomic E-state index is 0.0258. The predicted molar refractivity (Wildman–Crippen MR) is 110 cm³/mol. The first-order valence-corrected chi connectivity index (χ1v) is 9.42.